The predicted octanol–water partition coefficient (Wildman–Crippen LogP) is 3.45. The number of carbonyl (C=O) groups is 4. The highest BCUT2D eigenvalue weighted by Crippen LogP contribution is 2.20. The van der Waals surface area contributed by atoms with Gasteiger partial charge in [0.25, 0.3) is 5.91 Å². The Kier molecular flexibility index (Phi) is 11.2. The molecular weight excluding hydrogens is 542 g/mol. The van der Waals surface area contributed by atoms with Gasteiger partial charge in [-0.05, 0) is 48.0 Å². The van der Waals surface area contributed by atoms with E-state index in [1.807, 2.05) is 44.2 Å². The number of hydrogen-bond acceptors (Lipinski definition) is 9. The lowest BCUT2D eigenvalue weighted by Crippen LogP contribution is -2.56. The van der Waals surface area contributed by atoms with Gasteiger partial charge in [-0.2, -0.15) is 4.98 Å². The Balaban J connectivity index is 1.82. The summed E-state index contributed by atoms with van der Waals surface area (Å²) < 4.78 is 16.2. The molecule has 3 amide bonds. The average molecular weight is 584 g/mol. The fourth-order valence-corrected chi connectivity index (χ4v) is 4.25. The van der Waals surface area contributed by atoms with Crippen molar-refractivity contribution >= 4 is 23.9 Å². The quantitative estimate of drug-likeness (QED) is 0.417. The monoisotopic (exact) mass is 583 g/mol. The van der Waals surface area contributed by atoms with E-state index in [4.69, 9.17) is 14.2 Å². The topological polar surface area (TPSA) is 140 Å². The Morgan fingerprint density at radius 3 is 2.21 bits per heavy atom. The molecule has 1 aromatic carbocycles. The molecule has 1 aromatic heterocycles. The maximum absolute atomic E-state index is 13.6. The van der Waals surface area contributed by atoms with E-state index in [1.165, 1.54) is 11.0 Å². The average Bonchev–Trinajstić information content (AvgIpc) is 2.94. The number of ether oxygens (including phenoxy) is 3. The highest BCUT2D eigenvalue weighted by Gasteiger charge is 2.32. The van der Waals surface area contributed by atoms with Crippen LogP contribution < -0.4 is 10.1 Å². The first-order valence-electron chi connectivity index (χ1n) is 14.2. The van der Waals surface area contributed by atoms with Gasteiger partial charge in [0.05, 0.1) is 12.7 Å². The van der Waals surface area contributed by atoms with Crippen molar-refractivity contribution in [3.05, 3.63) is 42.1 Å². The van der Waals surface area contributed by atoms with Crippen LogP contribution in [0, 0.1) is 0 Å². The van der Waals surface area contributed by atoms with Crippen LogP contribution in [-0.4, -0.2) is 94.2 Å². The number of piperazine rings is 1. The number of esters is 1. The maximum Gasteiger partial charge on any atom is 0.409 e. The van der Waals surface area contributed by atoms with E-state index >= 15 is 0 Å². The molecule has 42 heavy (non-hydrogen) atoms. The van der Waals surface area contributed by atoms with E-state index < -0.39 is 29.6 Å². The van der Waals surface area contributed by atoms with Crippen molar-refractivity contribution in [3.8, 4) is 17.3 Å². The van der Waals surface area contributed by atoms with E-state index in [9.17, 15) is 19.2 Å². The van der Waals surface area contributed by atoms with Crippen LogP contribution in [0.1, 0.15) is 64.9 Å². The second-order valence-electron chi connectivity index (χ2n) is 11.1. The first kappa shape index (κ1) is 32.3. The third kappa shape index (κ3) is 9.71. The van der Waals surface area contributed by atoms with Gasteiger partial charge in [0.15, 0.2) is 5.82 Å². The van der Waals surface area contributed by atoms with Gasteiger partial charge in [0.1, 0.15) is 17.3 Å². The Hall–Kier alpha value is -4.22. The Labute approximate surface area is 246 Å². The van der Waals surface area contributed by atoms with Gasteiger partial charge in [0, 0.05) is 44.2 Å². The number of nitrogens with zero attached hydrogens (tertiary/aromatic N) is 4. The van der Waals surface area contributed by atoms with Crippen LogP contribution >= 0.6 is 0 Å². The van der Waals surface area contributed by atoms with E-state index in [1.54, 1.807) is 32.6 Å². The van der Waals surface area contributed by atoms with Crippen LogP contribution in [0.3, 0.4) is 0 Å². The number of rotatable bonds is 10. The summed E-state index contributed by atoms with van der Waals surface area (Å²) in [6.45, 7) is 12.1. The summed E-state index contributed by atoms with van der Waals surface area (Å²) in [5.74, 6) is -0.952. The molecule has 2 heterocycles. The van der Waals surface area contributed by atoms with Crippen molar-refractivity contribution in [1.82, 2.24) is 25.1 Å². The predicted molar refractivity (Wildman–Crippen MR) is 155 cm³/mol. The molecule has 0 radical (unpaired) electrons. The van der Waals surface area contributed by atoms with Crippen LogP contribution in [0.25, 0.3) is 11.4 Å². The second-order valence-corrected chi connectivity index (χ2v) is 11.1. The second kappa shape index (κ2) is 14.6. The van der Waals surface area contributed by atoms with Gasteiger partial charge < -0.3 is 29.3 Å². The molecule has 3 rings (SSSR count). The molecule has 1 aliphatic heterocycles. The molecule has 12 nitrogen and oxygen atoms in total. The van der Waals surface area contributed by atoms with Gasteiger partial charge in [-0.25, -0.2) is 9.78 Å². The molecule has 228 valence electrons. The first-order valence-corrected chi connectivity index (χ1v) is 14.2. The third-order valence-corrected chi connectivity index (χ3v) is 6.10. The minimum absolute atomic E-state index is 0.0155. The van der Waals surface area contributed by atoms with Gasteiger partial charge in [-0.15, -0.1) is 0 Å². The van der Waals surface area contributed by atoms with Crippen molar-refractivity contribution in [2.45, 2.75) is 72.1 Å². The zero-order chi connectivity index (χ0) is 30.9. The van der Waals surface area contributed by atoms with E-state index in [-0.39, 0.29) is 56.1 Å². The molecule has 1 N–H and O–H groups in total. The fraction of sp³-hybridized carbons (Fsp3) is 0.533. The van der Waals surface area contributed by atoms with Crippen molar-refractivity contribution in [2.75, 3.05) is 32.8 Å². The van der Waals surface area contributed by atoms with Crippen LogP contribution in [0.2, 0.25) is 0 Å². The van der Waals surface area contributed by atoms with Gasteiger partial charge in [0.2, 0.25) is 11.8 Å². The summed E-state index contributed by atoms with van der Waals surface area (Å²) in [5, 5.41) is 2.77. The van der Waals surface area contributed by atoms with Crippen molar-refractivity contribution in [2.24, 2.45) is 0 Å². The molecular formula is C30H41N5O7. The summed E-state index contributed by atoms with van der Waals surface area (Å²) in [7, 11) is 0. The summed E-state index contributed by atoms with van der Waals surface area (Å²) in [6.07, 6.45) is -0.700. The van der Waals surface area contributed by atoms with Gasteiger partial charge in [-0.3, -0.25) is 14.4 Å². The molecule has 0 aliphatic carbocycles. The number of carbonyl (C=O) groups excluding carboxylic acids is 4. The maximum atomic E-state index is 13.6. The molecule has 1 atom stereocenters. The minimum atomic E-state index is -1.04. The third-order valence-electron chi connectivity index (χ3n) is 6.10. The lowest BCUT2D eigenvalue weighted by atomic mass is 10.1. The van der Waals surface area contributed by atoms with Crippen molar-refractivity contribution in [1.29, 1.82) is 0 Å². The molecule has 1 fully saturated rings. The Bertz CT molecular complexity index is 1240. The lowest BCUT2D eigenvalue weighted by Gasteiger charge is -2.36. The molecule has 12 heteroatoms. The standard InChI is InChI=1S/C30H41N5O7/c1-7-40-29(39)35-17-15-34(16-18-35)28(38)22(13-14-25(36)42-30(4,5)6)32-27(37)23-19-24(41-20(2)3)33-26(31-23)21-11-9-8-10-12-21/h8-12,19-20,22H,7,13-18H2,1-6H3,(H,32,37)/t22-/m0/s1. The molecule has 0 bridgehead atoms. The van der Waals surface area contributed by atoms with Crippen LogP contribution in [0.4, 0.5) is 4.79 Å². The lowest BCUT2D eigenvalue weighted by molar-refractivity contribution is -0.155. The highest BCUT2D eigenvalue weighted by atomic mass is 16.6. The van der Waals surface area contributed by atoms with Crippen LogP contribution in [0.5, 0.6) is 5.88 Å². The molecule has 1 aliphatic rings. The highest BCUT2D eigenvalue weighted by molar-refractivity contribution is 5.96. The molecule has 0 spiro atoms. The molecule has 0 unspecified atom stereocenters. The van der Waals surface area contributed by atoms with Crippen LogP contribution in [0.15, 0.2) is 36.4 Å². The summed E-state index contributed by atoms with van der Waals surface area (Å²) in [4.78, 5) is 63.8. The first-order chi connectivity index (χ1) is 19.9. The van der Waals surface area contributed by atoms with Crippen molar-refractivity contribution in [3.63, 3.8) is 0 Å². The Morgan fingerprint density at radius 1 is 0.976 bits per heavy atom. The van der Waals surface area contributed by atoms with E-state index in [0.717, 1.165) is 0 Å². The summed E-state index contributed by atoms with van der Waals surface area (Å²) >= 11 is 0. The van der Waals surface area contributed by atoms with Crippen LogP contribution in [-0.2, 0) is 19.1 Å². The van der Waals surface area contributed by atoms with Crippen molar-refractivity contribution < 1.29 is 33.4 Å². The number of benzene rings is 1. The smallest absolute Gasteiger partial charge is 0.409 e. The number of nitrogens with one attached hydrogen (secondary N) is 1. The largest absolute Gasteiger partial charge is 0.475 e. The zero-order valence-corrected chi connectivity index (χ0v) is 25.2. The normalized spacial score (nSPS) is 14.3. The summed E-state index contributed by atoms with van der Waals surface area (Å²) in [6, 6.07) is 9.55. The minimum Gasteiger partial charge on any atom is -0.475 e. The number of hydrogen-bond donors (Lipinski definition) is 1. The van der Waals surface area contributed by atoms with E-state index in [0.29, 0.717) is 24.5 Å². The zero-order valence-electron chi connectivity index (χ0n) is 25.2. The Morgan fingerprint density at radius 2 is 1.62 bits per heavy atom. The molecule has 1 saturated heterocycles. The molecule has 2 aromatic rings. The van der Waals surface area contributed by atoms with Gasteiger partial charge >= 0.3 is 12.1 Å². The number of amides is 3. The fourth-order valence-electron chi connectivity index (χ4n) is 4.25. The van der Waals surface area contributed by atoms with E-state index in [2.05, 4.69) is 15.3 Å². The molecule has 0 saturated carbocycles. The van der Waals surface area contributed by atoms with Gasteiger partial charge in [-0.1, -0.05) is 30.3 Å². The summed E-state index contributed by atoms with van der Waals surface area (Å²) in [5.41, 5.74) is 0.0182. The number of aromatic nitrogens is 2. The SMILES string of the molecule is CCOC(=O)N1CCN(C(=O)[C@H](CCC(=O)OC(C)(C)C)NC(=O)c2cc(OC(C)C)nc(-c3ccccc3)n2)CC1.